The number of halogens is 1. The van der Waals surface area contributed by atoms with E-state index in [0.29, 0.717) is 37.5 Å². The highest BCUT2D eigenvalue weighted by Gasteiger charge is 2.29. The van der Waals surface area contributed by atoms with Crippen LogP contribution in [0.3, 0.4) is 0 Å². The molecule has 1 aliphatic rings. The number of rotatable bonds is 6. The minimum Gasteiger partial charge on any atom is -0.497 e. The maximum atomic E-state index is 13.0. The summed E-state index contributed by atoms with van der Waals surface area (Å²) in [6.45, 7) is 1.43. The van der Waals surface area contributed by atoms with Gasteiger partial charge < -0.3 is 20.3 Å². The number of hydrogen-bond acceptors (Lipinski definition) is 3. The molecule has 2 aromatic carbocycles. The maximum absolute atomic E-state index is 13.0. The molecule has 1 atom stereocenters. The van der Waals surface area contributed by atoms with Crippen LogP contribution in [0.2, 0.25) is 0 Å². The molecule has 3 rings (SSSR count). The smallest absolute Gasteiger partial charge is 0.319 e. The Balaban J connectivity index is 1.45. The molecule has 3 amide bonds. The lowest BCUT2D eigenvalue weighted by atomic mass is 10.1. The van der Waals surface area contributed by atoms with Crippen molar-refractivity contribution in [2.75, 3.05) is 25.5 Å². The van der Waals surface area contributed by atoms with Gasteiger partial charge in [-0.3, -0.25) is 4.79 Å². The minimum atomic E-state index is -0.315. The number of methoxy groups -OCH3 is 1. The van der Waals surface area contributed by atoms with Crippen LogP contribution in [0.25, 0.3) is 0 Å². The molecule has 0 bridgehead atoms. The van der Waals surface area contributed by atoms with E-state index >= 15 is 0 Å². The Kier molecular flexibility index (Phi) is 5.90. The molecule has 142 valence electrons. The molecule has 0 spiro atoms. The van der Waals surface area contributed by atoms with Crippen LogP contribution in [0.4, 0.5) is 14.9 Å². The van der Waals surface area contributed by atoms with Crippen molar-refractivity contribution in [3.05, 3.63) is 59.9 Å². The summed E-state index contributed by atoms with van der Waals surface area (Å²) < 4.78 is 18.1. The molecule has 7 heteroatoms. The van der Waals surface area contributed by atoms with E-state index in [1.165, 1.54) is 12.1 Å². The fraction of sp³-hybridized carbons (Fsp3) is 0.300. The lowest BCUT2D eigenvalue weighted by molar-refractivity contribution is -0.128. The van der Waals surface area contributed by atoms with Crippen LogP contribution in [-0.4, -0.2) is 37.0 Å². The Morgan fingerprint density at radius 2 is 1.89 bits per heavy atom. The molecule has 1 fully saturated rings. The molecule has 1 heterocycles. The second kappa shape index (κ2) is 8.53. The van der Waals surface area contributed by atoms with E-state index in [-0.39, 0.29) is 23.7 Å². The molecule has 0 aromatic heterocycles. The molecule has 0 aliphatic carbocycles. The summed E-state index contributed by atoms with van der Waals surface area (Å²) in [5.74, 6) is 0.518. The van der Waals surface area contributed by atoms with Crippen LogP contribution < -0.4 is 15.4 Å². The van der Waals surface area contributed by atoms with Crippen molar-refractivity contribution in [1.82, 2.24) is 10.2 Å². The first-order valence-electron chi connectivity index (χ1n) is 8.74. The number of amides is 3. The van der Waals surface area contributed by atoms with Crippen molar-refractivity contribution >= 4 is 17.6 Å². The number of likely N-dealkylation sites (tertiary alicyclic amines) is 1. The molecule has 2 aromatic rings. The summed E-state index contributed by atoms with van der Waals surface area (Å²) in [4.78, 5) is 25.9. The number of anilines is 1. The zero-order valence-electron chi connectivity index (χ0n) is 15.1. The normalized spacial score (nSPS) is 16.3. The van der Waals surface area contributed by atoms with E-state index in [1.807, 2.05) is 0 Å². The van der Waals surface area contributed by atoms with Gasteiger partial charge in [-0.25, -0.2) is 9.18 Å². The van der Waals surface area contributed by atoms with Crippen molar-refractivity contribution in [3.63, 3.8) is 0 Å². The van der Waals surface area contributed by atoms with Gasteiger partial charge in [0, 0.05) is 37.7 Å². The van der Waals surface area contributed by atoms with Gasteiger partial charge in [0.1, 0.15) is 11.6 Å². The Bertz CT molecular complexity index is 793. The first-order chi connectivity index (χ1) is 13.0. The molecule has 0 saturated carbocycles. The SMILES string of the molecule is COc1ccc(NC(=O)NC[C@H]2CC(=O)N(Cc3ccc(F)cc3)C2)cc1. The maximum Gasteiger partial charge on any atom is 0.319 e. The van der Waals surface area contributed by atoms with E-state index in [9.17, 15) is 14.0 Å². The molecule has 1 aliphatic heterocycles. The van der Waals surface area contributed by atoms with Gasteiger partial charge in [0.05, 0.1) is 7.11 Å². The van der Waals surface area contributed by atoms with Crippen molar-refractivity contribution < 1.29 is 18.7 Å². The third-order valence-electron chi connectivity index (χ3n) is 4.48. The van der Waals surface area contributed by atoms with E-state index in [0.717, 1.165) is 5.56 Å². The molecule has 1 saturated heterocycles. The van der Waals surface area contributed by atoms with Gasteiger partial charge in [0.25, 0.3) is 0 Å². The monoisotopic (exact) mass is 371 g/mol. The number of benzene rings is 2. The largest absolute Gasteiger partial charge is 0.497 e. The number of hydrogen-bond donors (Lipinski definition) is 2. The Morgan fingerprint density at radius 3 is 2.56 bits per heavy atom. The highest BCUT2D eigenvalue weighted by atomic mass is 19.1. The predicted octanol–water partition coefficient (Wildman–Crippen LogP) is 3.00. The first kappa shape index (κ1) is 18.7. The number of carbonyl (C=O) groups is 2. The zero-order chi connectivity index (χ0) is 19.2. The van der Waals surface area contributed by atoms with Crippen LogP contribution in [0.5, 0.6) is 5.75 Å². The van der Waals surface area contributed by atoms with E-state index in [4.69, 9.17) is 4.74 Å². The quantitative estimate of drug-likeness (QED) is 0.820. The second-order valence-electron chi connectivity index (χ2n) is 6.53. The first-order valence-corrected chi connectivity index (χ1v) is 8.74. The fourth-order valence-electron chi connectivity index (χ4n) is 3.04. The number of nitrogens with one attached hydrogen (secondary N) is 2. The number of carbonyl (C=O) groups excluding carboxylic acids is 2. The highest BCUT2D eigenvalue weighted by molar-refractivity contribution is 5.89. The zero-order valence-corrected chi connectivity index (χ0v) is 15.1. The lowest BCUT2D eigenvalue weighted by Gasteiger charge is -2.17. The molecular formula is C20H22FN3O3. The third kappa shape index (κ3) is 5.20. The van der Waals surface area contributed by atoms with Gasteiger partial charge in [0.15, 0.2) is 0 Å². The van der Waals surface area contributed by atoms with Gasteiger partial charge in [-0.05, 0) is 42.0 Å². The van der Waals surface area contributed by atoms with Crippen molar-refractivity contribution in [1.29, 1.82) is 0 Å². The highest BCUT2D eigenvalue weighted by Crippen LogP contribution is 2.20. The number of ether oxygens (including phenoxy) is 1. The summed E-state index contributed by atoms with van der Waals surface area (Å²) in [6, 6.07) is 12.8. The van der Waals surface area contributed by atoms with Crippen molar-refractivity contribution in [2.24, 2.45) is 5.92 Å². The van der Waals surface area contributed by atoms with Gasteiger partial charge in [0.2, 0.25) is 5.91 Å². The fourth-order valence-corrected chi connectivity index (χ4v) is 3.04. The summed E-state index contributed by atoms with van der Waals surface area (Å²) in [5.41, 5.74) is 1.55. The van der Waals surface area contributed by atoms with E-state index in [1.54, 1.807) is 48.4 Å². The van der Waals surface area contributed by atoms with Crippen LogP contribution in [-0.2, 0) is 11.3 Å². The van der Waals surface area contributed by atoms with Crippen LogP contribution in [0, 0.1) is 11.7 Å². The van der Waals surface area contributed by atoms with Gasteiger partial charge >= 0.3 is 6.03 Å². The van der Waals surface area contributed by atoms with Crippen molar-refractivity contribution in [2.45, 2.75) is 13.0 Å². The Labute approximate surface area is 157 Å². The summed E-state index contributed by atoms with van der Waals surface area (Å²) in [6.07, 6.45) is 0.393. The molecule has 2 N–H and O–H groups in total. The van der Waals surface area contributed by atoms with Gasteiger partial charge in [-0.2, -0.15) is 0 Å². The average Bonchev–Trinajstić information content (AvgIpc) is 3.02. The Hall–Kier alpha value is -3.09. The third-order valence-corrected chi connectivity index (χ3v) is 4.48. The topological polar surface area (TPSA) is 70.7 Å². The predicted molar refractivity (Wildman–Crippen MR) is 99.9 cm³/mol. The molecular weight excluding hydrogens is 349 g/mol. The standard InChI is InChI=1S/C20H22FN3O3/c1-27-18-8-6-17(7-9-18)23-20(26)22-11-15-10-19(25)24(13-15)12-14-2-4-16(21)5-3-14/h2-9,15H,10-13H2,1H3,(H2,22,23,26)/t15-/m1/s1. The number of urea groups is 1. The Morgan fingerprint density at radius 1 is 1.19 bits per heavy atom. The molecule has 6 nitrogen and oxygen atoms in total. The lowest BCUT2D eigenvalue weighted by Crippen LogP contribution is -2.34. The van der Waals surface area contributed by atoms with E-state index < -0.39 is 0 Å². The van der Waals surface area contributed by atoms with Crippen molar-refractivity contribution in [3.8, 4) is 5.75 Å². The van der Waals surface area contributed by atoms with Gasteiger partial charge in [-0.15, -0.1) is 0 Å². The van der Waals surface area contributed by atoms with Crippen LogP contribution >= 0.6 is 0 Å². The summed E-state index contributed by atoms with van der Waals surface area (Å²) in [5, 5.41) is 5.55. The van der Waals surface area contributed by atoms with Crippen LogP contribution in [0.15, 0.2) is 48.5 Å². The summed E-state index contributed by atoms with van der Waals surface area (Å²) >= 11 is 0. The number of nitrogens with zero attached hydrogens (tertiary/aromatic N) is 1. The van der Waals surface area contributed by atoms with Gasteiger partial charge in [-0.1, -0.05) is 12.1 Å². The minimum absolute atomic E-state index is 0.0432. The van der Waals surface area contributed by atoms with E-state index in [2.05, 4.69) is 10.6 Å². The molecule has 0 radical (unpaired) electrons. The second-order valence-corrected chi connectivity index (χ2v) is 6.53. The molecule has 0 unspecified atom stereocenters. The summed E-state index contributed by atoms with van der Waals surface area (Å²) in [7, 11) is 1.58. The average molecular weight is 371 g/mol. The van der Waals surface area contributed by atoms with Crippen LogP contribution in [0.1, 0.15) is 12.0 Å². The molecule has 27 heavy (non-hydrogen) atoms.